The van der Waals surface area contributed by atoms with E-state index in [2.05, 4.69) is 15.4 Å². The predicted molar refractivity (Wildman–Crippen MR) is 155 cm³/mol. The Morgan fingerprint density at radius 2 is 1.84 bits per heavy atom. The fourth-order valence-corrected chi connectivity index (χ4v) is 7.09. The molecule has 7 nitrogen and oxygen atoms in total. The number of rotatable bonds is 8. The van der Waals surface area contributed by atoms with Crippen molar-refractivity contribution in [1.82, 2.24) is 10.6 Å². The topological polar surface area (TPSA) is 103 Å². The summed E-state index contributed by atoms with van der Waals surface area (Å²) in [6, 6.07) is 12.3. The highest BCUT2D eigenvalue weighted by Gasteiger charge is 2.46. The molecule has 1 saturated carbocycles. The van der Waals surface area contributed by atoms with Crippen LogP contribution >= 0.6 is 11.6 Å². The van der Waals surface area contributed by atoms with Gasteiger partial charge >= 0.3 is 6.61 Å². The van der Waals surface area contributed by atoms with Crippen molar-refractivity contribution in [1.29, 1.82) is 0 Å². The smallest absolute Gasteiger partial charge is 0.387 e. The summed E-state index contributed by atoms with van der Waals surface area (Å²) in [5.41, 5.74) is 4.18. The highest BCUT2D eigenvalue weighted by atomic mass is 35.5. The monoisotopic (exact) mass is 631 g/mol. The van der Waals surface area contributed by atoms with Crippen LogP contribution in [-0.2, 0) is 16.8 Å². The minimum atomic E-state index is -3.36. The van der Waals surface area contributed by atoms with E-state index in [1.54, 1.807) is 0 Å². The molecule has 232 valence electrons. The van der Waals surface area contributed by atoms with Crippen LogP contribution in [0.4, 0.5) is 17.6 Å². The first-order valence-corrected chi connectivity index (χ1v) is 14.8. The van der Waals surface area contributed by atoms with Crippen LogP contribution in [0.1, 0.15) is 60.0 Å². The van der Waals surface area contributed by atoms with Gasteiger partial charge in [0.1, 0.15) is 11.6 Å². The minimum Gasteiger partial charge on any atom is -0.480 e. The quantitative estimate of drug-likeness (QED) is 0.265. The largest absolute Gasteiger partial charge is 0.480 e. The number of nitrogens with one attached hydrogen (secondary N) is 2. The van der Waals surface area contributed by atoms with E-state index in [0.29, 0.717) is 6.42 Å². The molecular weight excluding hydrogens is 602 g/mol. The van der Waals surface area contributed by atoms with Crippen LogP contribution in [0.15, 0.2) is 48.5 Å². The van der Waals surface area contributed by atoms with Gasteiger partial charge in [0, 0.05) is 53.7 Å². The lowest BCUT2D eigenvalue weighted by atomic mass is 9.78. The molecule has 0 radical (unpaired) electrons. The zero-order valence-corrected chi connectivity index (χ0v) is 24.3. The molecule has 6 rings (SSSR count). The Labute approximate surface area is 256 Å². The Hall–Kier alpha value is -3.83. The third-order valence-electron chi connectivity index (χ3n) is 9.05. The number of benzene rings is 3. The molecule has 1 spiro atoms. The van der Waals surface area contributed by atoms with Gasteiger partial charge in [0.2, 0.25) is 11.8 Å². The summed E-state index contributed by atoms with van der Waals surface area (Å²) in [5.74, 6) is -4.05. The number of carbonyl (C=O) groups excluding carboxylic acids is 2. The standard InChI is InChI=1S/C32H30ClF4N3O4/c33-27-21(34)14-23-20(25(27)26-19(29(38)42)6-7-22(28(26)35)43-30(36)37)15-32(44-23,17-4-2-1-3-5-17)16-39-18-8-11-31(12-9-18)13-10-24(41)40-31/h1-7,14,18,30,39H,8-13,15-16H2,(H2,38,42)(H,40,41). The Morgan fingerprint density at radius 3 is 2.48 bits per heavy atom. The predicted octanol–water partition coefficient (Wildman–Crippen LogP) is 6.00. The van der Waals surface area contributed by atoms with Crippen LogP contribution in [0, 0.1) is 11.6 Å². The Balaban J connectivity index is 1.38. The number of hydrogen-bond acceptors (Lipinski definition) is 5. The second-order valence-electron chi connectivity index (χ2n) is 11.7. The SMILES string of the molecule is NC(=O)c1ccc(OC(F)F)c(F)c1-c1c(Cl)c(F)cc2c1CC(CNC1CCC3(CCC(=O)N3)CC1)(c1ccccc1)O2. The first kappa shape index (κ1) is 30.2. The van der Waals surface area contributed by atoms with Crippen molar-refractivity contribution >= 4 is 23.4 Å². The molecule has 1 unspecified atom stereocenters. The number of hydrogen-bond donors (Lipinski definition) is 3. The van der Waals surface area contributed by atoms with Crippen molar-refractivity contribution in [2.75, 3.05) is 6.54 Å². The Bertz CT molecular complexity index is 1610. The van der Waals surface area contributed by atoms with Gasteiger partial charge in [-0.05, 0) is 49.8 Å². The number of amides is 2. The molecule has 2 aliphatic heterocycles. The lowest BCUT2D eigenvalue weighted by Gasteiger charge is -2.39. The molecule has 4 N–H and O–H groups in total. The molecule has 1 saturated heterocycles. The molecule has 1 atom stereocenters. The average molecular weight is 632 g/mol. The van der Waals surface area contributed by atoms with Gasteiger partial charge in [-0.25, -0.2) is 8.78 Å². The second kappa shape index (κ2) is 11.6. The normalized spacial score (nSPS) is 24.3. The number of nitrogens with two attached hydrogens (primary N) is 1. The second-order valence-corrected chi connectivity index (χ2v) is 12.1. The summed E-state index contributed by atoms with van der Waals surface area (Å²) in [6.45, 7) is -3.07. The molecule has 3 aromatic carbocycles. The van der Waals surface area contributed by atoms with Gasteiger partial charge in [-0.3, -0.25) is 9.59 Å². The zero-order chi connectivity index (χ0) is 31.2. The van der Waals surface area contributed by atoms with Crippen LogP contribution in [0.2, 0.25) is 5.02 Å². The fourth-order valence-electron chi connectivity index (χ4n) is 6.83. The van der Waals surface area contributed by atoms with Gasteiger partial charge in [-0.2, -0.15) is 8.78 Å². The summed E-state index contributed by atoms with van der Waals surface area (Å²) >= 11 is 6.44. The Morgan fingerprint density at radius 1 is 1.11 bits per heavy atom. The van der Waals surface area contributed by atoms with E-state index < -0.39 is 46.1 Å². The van der Waals surface area contributed by atoms with Gasteiger partial charge < -0.3 is 25.8 Å². The fraction of sp³-hybridized carbons (Fsp3) is 0.375. The summed E-state index contributed by atoms with van der Waals surface area (Å²) in [6.07, 6.45) is 4.78. The third-order valence-corrected chi connectivity index (χ3v) is 9.42. The van der Waals surface area contributed by atoms with Gasteiger partial charge in [-0.15, -0.1) is 0 Å². The van der Waals surface area contributed by atoms with Crippen LogP contribution in [0.25, 0.3) is 11.1 Å². The van der Waals surface area contributed by atoms with Crippen LogP contribution in [0.3, 0.4) is 0 Å². The van der Waals surface area contributed by atoms with E-state index in [-0.39, 0.29) is 52.9 Å². The molecular formula is C32H30ClF4N3O4. The number of fused-ring (bicyclic) bond motifs is 1. The minimum absolute atomic E-state index is 0.0684. The number of carbonyl (C=O) groups is 2. The van der Waals surface area contributed by atoms with Crippen molar-refractivity contribution in [2.24, 2.45) is 5.73 Å². The average Bonchev–Trinajstić information content (AvgIpc) is 3.55. The molecule has 2 fully saturated rings. The van der Waals surface area contributed by atoms with E-state index in [0.717, 1.165) is 55.9 Å². The first-order valence-electron chi connectivity index (χ1n) is 14.4. The van der Waals surface area contributed by atoms with E-state index >= 15 is 8.78 Å². The van der Waals surface area contributed by atoms with E-state index in [4.69, 9.17) is 22.1 Å². The molecule has 12 heteroatoms. The molecule has 44 heavy (non-hydrogen) atoms. The van der Waals surface area contributed by atoms with E-state index in [1.165, 1.54) is 0 Å². The van der Waals surface area contributed by atoms with Crippen LogP contribution in [0.5, 0.6) is 11.5 Å². The lowest BCUT2D eigenvalue weighted by molar-refractivity contribution is -0.120. The van der Waals surface area contributed by atoms with Gasteiger partial charge in [0.05, 0.1) is 10.6 Å². The molecule has 0 aromatic heterocycles. The maximum absolute atomic E-state index is 15.8. The van der Waals surface area contributed by atoms with Crippen LogP contribution < -0.4 is 25.8 Å². The van der Waals surface area contributed by atoms with E-state index in [1.807, 2.05) is 30.3 Å². The highest BCUT2D eigenvalue weighted by Crippen LogP contribution is 2.51. The molecule has 0 bridgehead atoms. The van der Waals surface area contributed by atoms with Crippen molar-refractivity contribution in [3.05, 3.63) is 81.9 Å². The Kier molecular flexibility index (Phi) is 7.96. The summed E-state index contributed by atoms with van der Waals surface area (Å²) in [5, 5.41) is 6.22. The van der Waals surface area contributed by atoms with Crippen molar-refractivity contribution < 1.29 is 36.6 Å². The lowest BCUT2D eigenvalue weighted by Crippen LogP contribution is -2.51. The molecule has 2 amide bonds. The third kappa shape index (κ3) is 5.47. The first-order chi connectivity index (χ1) is 21.0. The summed E-state index contributed by atoms with van der Waals surface area (Å²) in [4.78, 5) is 24.2. The highest BCUT2D eigenvalue weighted by molar-refractivity contribution is 6.34. The van der Waals surface area contributed by atoms with Crippen molar-refractivity contribution in [3.63, 3.8) is 0 Å². The molecule has 3 aliphatic rings. The zero-order valence-electron chi connectivity index (χ0n) is 23.5. The van der Waals surface area contributed by atoms with Gasteiger partial charge in [-0.1, -0.05) is 41.9 Å². The maximum Gasteiger partial charge on any atom is 0.387 e. The van der Waals surface area contributed by atoms with Gasteiger partial charge in [0.15, 0.2) is 17.2 Å². The van der Waals surface area contributed by atoms with Gasteiger partial charge in [0.25, 0.3) is 0 Å². The molecule has 1 aliphatic carbocycles. The number of alkyl halides is 2. The number of halogens is 5. The van der Waals surface area contributed by atoms with E-state index in [9.17, 15) is 18.4 Å². The summed E-state index contributed by atoms with van der Waals surface area (Å²) in [7, 11) is 0. The van der Waals surface area contributed by atoms with Crippen LogP contribution in [-0.4, -0.2) is 36.6 Å². The molecule has 2 heterocycles. The van der Waals surface area contributed by atoms with Crippen molar-refractivity contribution in [2.45, 2.75) is 68.7 Å². The number of primary amides is 1. The number of ether oxygens (including phenoxy) is 2. The maximum atomic E-state index is 15.8. The van der Waals surface area contributed by atoms with Crippen molar-refractivity contribution in [3.8, 4) is 22.6 Å². The molecule has 3 aromatic rings. The summed E-state index contributed by atoms with van der Waals surface area (Å²) < 4.78 is 68.2.